The van der Waals surface area contributed by atoms with Gasteiger partial charge in [0.15, 0.2) is 0 Å². The van der Waals surface area contributed by atoms with E-state index < -0.39 is 5.97 Å². The molecule has 0 radical (unpaired) electrons. The van der Waals surface area contributed by atoms with Crippen molar-refractivity contribution in [2.45, 2.75) is 25.8 Å². The third-order valence-corrected chi connectivity index (χ3v) is 3.05. The number of nitrogens with zero attached hydrogens (tertiary/aromatic N) is 1. The Bertz CT molecular complexity index is 575. The molecule has 2 heterocycles. The average molecular weight is 294 g/mol. The van der Waals surface area contributed by atoms with Crippen molar-refractivity contribution in [1.29, 1.82) is 0 Å². The van der Waals surface area contributed by atoms with Gasteiger partial charge in [0.05, 0.1) is 6.54 Å². The van der Waals surface area contributed by atoms with E-state index in [4.69, 9.17) is 9.52 Å². The van der Waals surface area contributed by atoms with Gasteiger partial charge in [-0.25, -0.2) is 4.79 Å². The van der Waals surface area contributed by atoms with Gasteiger partial charge in [-0.3, -0.25) is 19.3 Å². The zero-order valence-electron chi connectivity index (χ0n) is 11.1. The number of carboxylic acid groups (broad SMARTS) is 1. The Morgan fingerprint density at radius 2 is 1.90 bits per heavy atom. The van der Waals surface area contributed by atoms with Crippen molar-refractivity contribution in [3.63, 3.8) is 0 Å². The van der Waals surface area contributed by atoms with E-state index in [1.807, 2.05) is 0 Å². The Hall–Kier alpha value is -2.64. The van der Waals surface area contributed by atoms with Crippen molar-refractivity contribution in [3.8, 4) is 0 Å². The first kappa shape index (κ1) is 14.8. The monoisotopic (exact) mass is 294 g/mol. The predicted molar refractivity (Wildman–Crippen MR) is 68.1 cm³/mol. The van der Waals surface area contributed by atoms with Crippen LogP contribution < -0.4 is 5.32 Å². The summed E-state index contributed by atoms with van der Waals surface area (Å²) in [6.07, 6.45) is 0.402. The van der Waals surface area contributed by atoms with Gasteiger partial charge in [-0.1, -0.05) is 0 Å². The Morgan fingerprint density at radius 1 is 1.24 bits per heavy atom. The van der Waals surface area contributed by atoms with Crippen LogP contribution in [0.1, 0.15) is 35.6 Å². The molecule has 1 aromatic heterocycles. The molecule has 0 atom stereocenters. The van der Waals surface area contributed by atoms with E-state index in [9.17, 15) is 19.2 Å². The van der Waals surface area contributed by atoms with Gasteiger partial charge < -0.3 is 14.8 Å². The molecule has 0 bridgehead atoms. The molecular formula is C13H14N2O6. The molecule has 2 rings (SSSR count). The number of amides is 3. The first-order valence-electron chi connectivity index (χ1n) is 6.39. The minimum Gasteiger partial charge on any atom is -0.475 e. The molecule has 1 aliphatic rings. The normalized spacial score (nSPS) is 14.6. The summed E-state index contributed by atoms with van der Waals surface area (Å²) < 4.78 is 4.97. The van der Waals surface area contributed by atoms with Crippen molar-refractivity contribution in [2.75, 3.05) is 6.54 Å². The number of aromatic carboxylic acids is 1. The third-order valence-electron chi connectivity index (χ3n) is 3.05. The van der Waals surface area contributed by atoms with E-state index in [1.54, 1.807) is 0 Å². The molecule has 1 fully saturated rings. The summed E-state index contributed by atoms with van der Waals surface area (Å²) in [6.45, 7) is 0.107. The summed E-state index contributed by atoms with van der Waals surface area (Å²) in [4.78, 5) is 46.0. The highest BCUT2D eigenvalue weighted by atomic mass is 16.4. The number of hydrogen-bond acceptors (Lipinski definition) is 5. The maximum atomic E-state index is 11.6. The maximum absolute atomic E-state index is 11.6. The van der Waals surface area contributed by atoms with Crippen LogP contribution in [0, 0.1) is 0 Å². The van der Waals surface area contributed by atoms with E-state index in [-0.39, 0.29) is 55.8 Å². The Morgan fingerprint density at radius 3 is 2.48 bits per heavy atom. The van der Waals surface area contributed by atoms with E-state index in [1.165, 1.54) is 12.1 Å². The van der Waals surface area contributed by atoms with E-state index in [0.717, 1.165) is 4.90 Å². The summed E-state index contributed by atoms with van der Waals surface area (Å²) in [7, 11) is 0. The summed E-state index contributed by atoms with van der Waals surface area (Å²) >= 11 is 0. The van der Waals surface area contributed by atoms with Crippen molar-refractivity contribution >= 4 is 23.7 Å². The molecule has 1 aliphatic heterocycles. The van der Waals surface area contributed by atoms with Gasteiger partial charge in [-0.15, -0.1) is 0 Å². The SMILES string of the molecule is O=C(CCN1C(=O)CCC1=O)NCc1ccc(C(=O)O)o1. The van der Waals surface area contributed by atoms with Gasteiger partial charge in [0.25, 0.3) is 0 Å². The van der Waals surface area contributed by atoms with Crippen LogP contribution in [-0.4, -0.2) is 40.2 Å². The minimum atomic E-state index is -1.18. The average Bonchev–Trinajstić information content (AvgIpc) is 3.03. The third kappa shape index (κ3) is 3.68. The molecule has 0 spiro atoms. The number of likely N-dealkylation sites (tertiary alicyclic amines) is 1. The topological polar surface area (TPSA) is 117 Å². The highest BCUT2D eigenvalue weighted by molar-refractivity contribution is 6.02. The van der Waals surface area contributed by atoms with Gasteiger partial charge >= 0.3 is 5.97 Å². The van der Waals surface area contributed by atoms with Crippen molar-refractivity contribution in [3.05, 3.63) is 23.7 Å². The van der Waals surface area contributed by atoms with Gasteiger partial charge in [-0.2, -0.15) is 0 Å². The number of hydrogen-bond donors (Lipinski definition) is 2. The van der Waals surface area contributed by atoms with Crippen LogP contribution in [0.3, 0.4) is 0 Å². The van der Waals surface area contributed by atoms with Gasteiger partial charge in [0.2, 0.25) is 23.5 Å². The van der Waals surface area contributed by atoms with Gasteiger partial charge in [0.1, 0.15) is 5.76 Å². The van der Waals surface area contributed by atoms with E-state index in [2.05, 4.69) is 5.32 Å². The van der Waals surface area contributed by atoms with Crippen LogP contribution in [-0.2, 0) is 20.9 Å². The highest BCUT2D eigenvalue weighted by Gasteiger charge is 2.28. The number of imide groups is 1. The first-order chi connectivity index (χ1) is 9.97. The van der Waals surface area contributed by atoms with Crippen molar-refractivity contribution in [2.24, 2.45) is 0 Å². The van der Waals surface area contributed by atoms with E-state index >= 15 is 0 Å². The van der Waals surface area contributed by atoms with Crippen LogP contribution in [0.5, 0.6) is 0 Å². The summed E-state index contributed by atoms with van der Waals surface area (Å²) in [5.74, 6) is -1.94. The first-order valence-corrected chi connectivity index (χ1v) is 6.39. The highest BCUT2D eigenvalue weighted by Crippen LogP contribution is 2.12. The Kier molecular flexibility index (Phi) is 4.36. The number of carboxylic acids is 1. The minimum absolute atomic E-state index is 0.00394. The fourth-order valence-electron chi connectivity index (χ4n) is 1.95. The lowest BCUT2D eigenvalue weighted by molar-refractivity contribution is -0.138. The van der Waals surface area contributed by atoms with Crippen molar-refractivity contribution in [1.82, 2.24) is 10.2 Å². The summed E-state index contributed by atoms with van der Waals surface area (Å²) in [5.41, 5.74) is 0. The van der Waals surface area contributed by atoms with Crippen LogP contribution >= 0.6 is 0 Å². The number of carbonyl (C=O) groups is 4. The Balaban J connectivity index is 1.75. The standard InChI is InChI=1S/C13H14N2O6/c16-10(5-6-15-11(17)3-4-12(15)18)14-7-8-1-2-9(21-8)13(19)20/h1-2H,3-7H2,(H,14,16)(H,19,20). The number of rotatable bonds is 6. The molecule has 1 saturated heterocycles. The molecule has 0 unspecified atom stereocenters. The van der Waals surface area contributed by atoms with Crippen molar-refractivity contribution < 1.29 is 28.7 Å². The second-order valence-electron chi connectivity index (χ2n) is 4.54. The number of furan rings is 1. The molecule has 0 aliphatic carbocycles. The second-order valence-corrected chi connectivity index (χ2v) is 4.54. The number of nitrogens with one attached hydrogen (secondary N) is 1. The smallest absolute Gasteiger partial charge is 0.371 e. The van der Waals surface area contributed by atoms with Crippen LogP contribution in [0.25, 0.3) is 0 Å². The molecular weight excluding hydrogens is 280 g/mol. The second kappa shape index (κ2) is 6.21. The zero-order valence-corrected chi connectivity index (χ0v) is 11.1. The molecule has 21 heavy (non-hydrogen) atoms. The maximum Gasteiger partial charge on any atom is 0.371 e. The number of carbonyl (C=O) groups excluding carboxylic acids is 3. The molecule has 1 aromatic rings. The zero-order chi connectivity index (χ0) is 15.4. The fourth-order valence-corrected chi connectivity index (χ4v) is 1.95. The Labute approximate surface area is 119 Å². The quantitative estimate of drug-likeness (QED) is 0.720. The molecule has 0 aromatic carbocycles. The predicted octanol–water partition coefficient (Wildman–Crippen LogP) is 0.133. The lowest BCUT2D eigenvalue weighted by Crippen LogP contribution is -2.33. The molecule has 0 saturated carbocycles. The van der Waals surface area contributed by atoms with Crippen LogP contribution in [0.2, 0.25) is 0 Å². The summed E-state index contributed by atoms with van der Waals surface area (Å²) in [6, 6.07) is 2.75. The lowest BCUT2D eigenvalue weighted by Gasteiger charge is -2.12. The summed E-state index contributed by atoms with van der Waals surface area (Å²) in [5, 5.41) is 11.2. The van der Waals surface area contributed by atoms with Gasteiger partial charge in [0, 0.05) is 25.8 Å². The molecule has 8 heteroatoms. The van der Waals surface area contributed by atoms with Crippen LogP contribution in [0.4, 0.5) is 0 Å². The molecule has 3 amide bonds. The molecule has 8 nitrogen and oxygen atoms in total. The largest absolute Gasteiger partial charge is 0.475 e. The fraction of sp³-hybridized carbons (Fsp3) is 0.385. The van der Waals surface area contributed by atoms with Crippen LogP contribution in [0.15, 0.2) is 16.5 Å². The molecule has 112 valence electrons. The van der Waals surface area contributed by atoms with Gasteiger partial charge in [-0.05, 0) is 12.1 Å². The van der Waals surface area contributed by atoms with E-state index in [0.29, 0.717) is 5.76 Å². The lowest BCUT2D eigenvalue weighted by atomic mass is 10.3. The molecule has 2 N–H and O–H groups in total.